The molecule has 0 saturated heterocycles. The number of halogens is 1. The lowest BCUT2D eigenvalue weighted by atomic mass is 10.0. The minimum Gasteiger partial charge on any atom is -0.356 e. The second kappa shape index (κ2) is 6.88. The normalized spacial score (nSPS) is 11.2. The van der Waals surface area contributed by atoms with E-state index in [1.54, 1.807) is 6.07 Å². The van der Waals surface area contributed by atoms with Crippen molar-refractivity contribution in [2.24, 2.45) is 0 Å². The number of amides is 1. The Bertz CT molecular complexity index is 1160. The Hall–Kier alpha value is -3.14. The summed E-state index contributed by atoms with van der Waals surface area (Å²) in [5, 5.41) is 6.06. The van der Waals surface area contributed by atoms with Gasteiger partial charge in [-0.1, -0.05) is 36.4 Å². The number of carbonyl (C=O) groups is 1. The molecule has 27 heavy (non-hydrogen) atoms. The van der Waals surface area contributed by atoms with Crippen molar-refractivity contribution in [2.45, 2.75) is 20.3 Å². The Labute approximate surface area is 157 Å². The number of nitrogens with one attached hydrogen (secondary N) is 2. The van der Waals surface area contributed by atoms with Gasteiger partial charge in [-0.25, -0.2) is 4.39 Å². The van der Waals surface area contributed by atoms with Gasteiger partial charge in [-0.15, -0.1) is 0 Å². The highest BCUT2D eigenvalue weighted by molar-refractivity contribution is 5.98. The smallest absolute Gasteiger partial charge is 0.251 e. The van der Waals surface area contributed by atoms with Gasteiger partial charge in [0.05, 0.1) is 5.52 Å². The molecule has 0 saturated carbocycles. The van der Waals surface area contributed by atoms with Gasteiger partial charge in [-0.3, -0.25) is 4.79 Å². The fraction of sp³-hybridized carbons (Fsp3) is 0.174. The van der Waals surface area contributed by atoms with E-state index in [1.807, 2.05) is 56.3 Å². The first kappa shape index (κ1) is 17.3. The number of fused-ring (bicyclic) bond motifs is 2. The minimum atomic E-state index is -0.245. The summed E-state index contributed by atoms with van der Waals surface area (Å²) in [4.78, 5) is 15.6. The van der Waals surface area contributed by atoms with E-state index in [-0.39, 0.29) is 11.7 Å². The van der Waals surface area contributed by atoms with Crippen molar-refractivity contribution in [3.63, 3.8) is 0 Å². The molecule has 3 aromatic carbocycles. The summed E-state index contributed by atoms with van der Waals surface area (Å²) in [5.74, 6) is -0.341. The Balaban J connectivity index is 1.51. The number of carbonyl (C=O) groups excluding carboxylic acids is 1. The number of hydrogen-bond donors (Lipinski definition) is 2. The lowest BCUT2D eigenvalue weighted by Gasteiger charge is -2.08. The van der Waals surface area contributed by atoms with E-state index in [0.29, 0.717) is 24.0 Å². The summed E-state index contributed by atoms with van der Waals surface area (Å²) < 4.78 is 14.1. The molecule has 0 bridgehead atoms. The molecule has 0 fully saturated rings. The molecule has 0 aliphatic rings. The van der Waals surface area contributed by atoms with Crippen molar-refractivity contribution in [3.8, 4) is 0 Å². The highest BCUT2D eigenvalue weighted by Gasteiger charge is 2.14. The highest BCUT2D eigenvalue weighted by atomic mass is 19.1. The van der Waals surface area contributed by atoms with Crippen LogP contribution in [0.2, 0.25) is 0 Å². The topological polar surface area (TPSA) is 44.9 Å². The van der Waals surface area contributed by atoms with E-state index in [9.17, 15) is 9.18 Å². The fourth-order valence-electron chi connectivity index (χ4n) is 3.69. The molecule has 0 spiro atoms. The van der Waals surface area contributed by atoms with Crippen LogP contribution in [-0.4, -0.2) is 17.4 Å². The van der Waals surface area contributed by atoms with Gasteiger partial charge in [-0.05, 0) is 60.4 Å². The Morgan fingerprint density at radius 3 is 2.63 bits per heavy atom. The van der Waals surface area contributed by atoms with E-state index in [4.69, 9.17) is 0 Å². The maximum Gasteiger partial charge on any atom is 0.251 e. The first-order valence-corrected chi connectivity index (χ1v) is 9.08. The Morgan fingerprint density at radius 1 is 1.04 bits per heavy atom. The highest BCUT2D eigenvalue weighted by Crippen LogP contribution is 2.27. The zero-order valence-electron chi connectivity index (χ0n) is 15.4. The van der Waals surface area contributed by atoms with Crippen LogP contribution in [0.3, 0.4) is 0 Å². The number of rotatable bonds is 4. The van der Waals surface area contributed by atoms with Crippen LogP contribution in [0.5, 0.6) is 0 Å². The summed E-state index contributed by atoms with van der Waals surface area (Å²) in [5.41, 5.74) is 4.22. The van der Waals surface area contributed by atoms with Gasteiger partial charge in [0.1, 0.15) is 5.82 Å². The maximum absolute atomic E-state index is 14.1. The molecule has 0 aliphatic carbocycles. The first-order chi connectivity index (χ1) is 13.0. The molecular formula is C23H21FN2O. The molecule has 3 nitrogen and oxygen atoms in total. The van der Waals surface area contributed by atoms with E-state index >= 15 is 0 Å². The standard InChI is InChI=1S/C23H21FN2O/c1-14-7-10-20(24)22-21(14)19(15(2)26-22)11-12-25-23(27)18-9-8-16-5-3-4-6-17(16)13-18/h3-10,13,26H,11-12H2,1-2H3,(H,25,27). The molecule has 4 rings (SSSR count). The van der Waals surface area contributed by atoms with Gasteiger partial charge >= 0.3 is 0 Å². The molecule has 1 amide bonds. The SMILES string of the molecule is Cc1[nH]c2c(F)ccc(C)c2c1CCNC(=O)c1ccc2ccccc2c1. The van der Waals surface area contributed by atoms with Gasteiger partial charge in [0.2, 0.25) is 0 Å². The summed E-state index contributed by atoms with van der Waals surface area (Å²) >= 11 is 0. The van der Waals surface area contributed by atoms with Crippen molar-refractivity contribution in [3.05, 3.63) is 82.8 Å². The van der Waals surface area contributed by atoms with E-state index in [0.717, 1.165) is 33.0 Å². The van der Waals surface area contributed by atoms with Crippen LogP contribution in [0.25, 0.3) is 21.7 Å². The van der Waals surface area contributed by atoms with Crippen LogP contribution in [0, 0.1) is 19.7 Å². The van der Waals surface area contributed by atoms with Crippen molar-refractivity contribution in [2.75, 3.05) is 6.54 Å². The van der Waals surface area contributed by atoms with Gasteiger partial charge in [0.15, 0.2) is 0 Å². The number of aryl methyl sites for hydroxylation is 2. The van der Waals surface area contributed by atoms with Crippen molar-refractivity contribution < 1.29 is 9.18 Å². The largest absolute Gasteiger partial charge is 0.356 e. The third-order valence-electron chi connectivity index (χ3n) is 5.10. The molecule has 1 aromatic heterocycles. The van der Waals surface area contributed by atoms with Gasteiger partial charge in [0.25, 0.3) is 5.91 Å². The molecule has 136 valence electrons. The number of H-pyrrole nitrogens is 1. The molecule has 4 heteroatoms. The molecular weight excluding hydrogens is 339 g/mol. The zero-order valence-corrected chi connectivity index (χ0v) is 15.4. The van der Waals surface area contributed by atoms with Crippen LogP contribution < -0.4 is 5.32 Å². The quantitative estimate of drug-likeness (QED) is 0.526. The molecule has 0 unspecified atom stereocenters. The predicted molar refractivity (Wildman–Crippen MR) is 108 cm³/mol. The number of hydrogen-bond acceptors (Lipinski definition) is 1. The van der Waals surface area contributed by atoms with E-state index in [2.05, 4.69) is 10.3 Å². The third kappa shape index (κ3) is 3.19. The Morgan fingerprint density at radius 2 is 1.81 bits per heavy atom. The Kier molecular flexibility index (Phi) is 4.40. The summed E-state index contributed by atoms with van der Waals surface area (Å²) in [6.07, 6.45) is 0.648. The summed E-state index contributed by atoms with van der Waals surface area (Å²) in [6.45, 7) is 4.42. The summed E-state index contributed by atoms with van der Waals surface area (Å²) in [7, 11) is 0. The maximum atomic E-state index is 14.1. The third-order valence-corrected chi connectivity index (χ3v) is 5.10. The van der Waals surface area contributed by atoms with Crippen LogP contribution in [0.15, 0.2) is 54.6 Å². The van der Waals surface area contributed by atoms with Crippen LogP contribution >= 0.6 is 0 Å². The van der Waals surface area contributed by atoms with Crippen molar-refractivity contribution in [1.29, 1.82) is 0 Å². The van der Waals surface area contributed by atoms with Crippen LogP contribution in [0.4, 0.5) is 4.39 Å². The predicted octanol–water partition coefficient (Wildman–Crippen LogP) is 5.05. The molecule has 1 heterocycles. The van der Waals surface area contributed by atoms with Gasteiger partial charge < -0.3 is 10.3 Å². The number of aromatic amines is 1. The fourth-order valence-corrected chi connectivity index (χ4v) is 3.69. The monoisotopic (exact) mass is 360 g/mol. The van der Waals surface area contributed by atoms with Gasteiger partial charge in [0, 0.05) is 23.2 Å². The van der Waals surface area contributed by atoms with Crippen LogP contribution in [0.1, 0.15) is 27.2 Å². The molecule has 2 N–H and O–H groups in total. The molecule has 0 atom stereocenters. The van der Waals surface area contributed by atoms with E-state index in [1.165, 1.54) is 6.07 Å². The average molecular weight is 360 g/mol. The lowest BCUT2D eigenvalue weighted by molar-refractivity contribution is 0.0954. The minimum absolute atomic E-state index is 0.0962. The van der Waals surface area contributed by atoms with E-state index < -0.39 is 0 Å². The average Bonchev–Trinajstić information content (AvgIpc) is 3.02. The first-order valence-electron chi connectivity index (χ1n) is 9.08. The summed E-state index contributed by atoms with van der Waals surface area (Å²) in [6, 6.07) is 17.0. The molecule has 4 aromatic rings. The molecule has 0 aliphatic heterocycles. The van der Waals surface area contributed by atoms with Crippen LogP contribution in [-0.2, 0) is 6.42 Å². The second-order valence-corrected chi connectivity index (χ2v) is 6.91. The van der Waals surface area contributed by atoms with Gasteiger partial charge in [-0.2, -0.15) is 0 Å². The second-order valence-electron chi connectivity index (χ2n) is 6.91. The van der Waals surface area contributed by atoms with Crippen molar-refractivity contribution >= 4 is 27.6 Å². The number of benzene rings is 3. The van der Waals surface area contributed by atoms with Crippen molar-refractivity contribution in [1.82, 2.24) is 10.3 Å². The molecule has 0 radical (unpaired) electrons. The number of aromatic nitrogens is 1. The lowest BCUT2D eigenvalue weighted by Crippen LogP contribution is -2.25. The zero-order chi connectivity index (χ0) is 19.0.